The Morgan fingerprint density at radius 2 is 1.67 bits per heavy atom. The Bertz CT molecular complexity index is 498. The van der Waals surface area contributed by atoms with Crippen LogP contribution in [-0.4, -0.2) is 20.2 Å². The lowest BCUT2D eigenvalue weighted by Crippen LogP contribution is -2.22. The van der Waals surface area contributed by atoms with Gasteiger partial charge in [-0.25, -0.2) is 0 Å². The summed E-state index contributed by atoms with van der Waals surface area (Å²) in [6.45, 7) is 4.28. The van der Waals surface area contributed by atoms with Crippen LogP contribution in [0.4, 0.5) is 0 Å². The largest absolute Gasteiger partial charge is 0.497 e. The van der Waals surface area contributed by atoms with Gasteiger partial charge >= 0.3 is 0 Å². The second-order valence-electron chi connectivity index (χ2n) is 5.11. The Kier molecular flexibility index (Phi) is 7.88. The van der Waals surface area contributed by atoms with Crippen molar-refractivity contribution in [3.8, 4) is 5.75 Å². The van der Waals surface area contributed by atoms with Crippen molar-refractivity contribution in [2.75, 3.05) is 20.2 Å². The van der Waals surface area contributed by atoms with Crippen molar-refractivity contribution in [3.05, 3.63) is 65.7 Å². The van der Waals surface area contributed by atoms with Gasteiger partial charge in [0.1, 0.15) is 5.75 Å². The van der Waals surface area contributed by atoms with Crippen molar-refractivity contribution in [3.63, 3.8) is 0 Å². The summed E-state index contributed by atoms with van der Waals surface area (Å²) in [6, 6.07) is 18.9. The molecule has 0 heterocycles. The van der Waals surface area contributed by atoms with Gasteiger partial charge in [0.25, 0.3) is 0 Å². The van der Waals surface area contributed by atoms with E-state index in [2.05, 4.69) is 54.7 Å². The van der Waals surface area contributed by atoms with Crippen LogP contribution in [-0.2, 0) is 6.42 Å². The molecule has 0 amide bonds. The van der Waals surface area contributed by atoms with Gasteiger partial charge in [0.15, 0.2) is 0 Å². The maximum Gasteiger partial charge on any atom is 0.118 e. The van der Waals surface area contributed by atoms with E-state index in [0.29, 0.717) is 5.92 Å². The fraction of sp³-hybridized carbons (Fsp3) is 0.333. The van der Waals surface area contributed by atoms with Crippen molar-refractivity contribution < 1.29 is 4.74 Å². The van der Waals surface area contributed by atoms with E-state index in [1.54, 1.807) is 7.11 Å². The lowest BCUT2D eigenvalue weighted by atomic mass is 10.0. The normalized spacial score (nSPS) is 11.5. The van der Waals surface area contributed by atoms with Crippen molar-refractivity contribution in [2.24, 2.45) is 0 Å². The van der Waals surface area contributed by atoms with E-state index in [1.165, 1.54) is 11.1 Å². The molecule has 2 aromatic carbocycles. The number of hydrogen-bond donors (Lipinski definition) is 1. The number of nitrogens with one attached hydrogen (secondary N) is 1. The zero-order valence-electron chi connectivity index (χ0n) is 12.7. The van der Waals surface area contributed by atoms with Gasteiger partial charge < -0.3 is 10.1 Å². The Labute approximate surface area is 133 Å². The third kappa shape index (κ3) is 5.78. The first kappa shape index (κ1) is 17.5. The van der Waals surface area contributed by atoms with Crippen LogP contribution in [0.3, 0.4) is 0 Å². The fourth-order valence-electron chi connectivity index (χ4n) is 2.24. The molecule has 2 rings (SSSR count). The average molecular weight is 306 g/mol. The van der Waals surface area contributed by atoms with Gasteiger partial charge in [0.2, 0.25) is 0 Å². The number of halogens is 1. The molecule has 0 spiro atoms. The Morgan fingerprint density at radius 1 is 1.00 bits per heavy atom. The van der Waals surface area contributed by atoms with Gasteiger partial charge in [-0.05, 0) is 42.1 Å². The van der Waals surface area contributed by atoms with Gasteiger partial charge in [0, 0.05) is 6.54 Å². The minimum atomic E-state index is 0. The quantitative estimate of drug-likeness (QED) is 0.779. The molecule has 114 valence electrons. The second-order valence-corrected chi connectivity index (χ2v) is 5.11. The molecule has 21 heavy (non-hydrogen) atoms. The van der Waals surface area contributed by atoms with Crippen LogP contribution >= 0.6 is 12.4 Å². The number of benzene rings is 2. The SMILES string of the molecule is COc1ccc(CCNCC(C)c2ccccc2)cc1.Cl. The van der Waals surface area contributed by atoms with E-state index in [4.69, 9.17) is 4.74 Å². The van der Waals surface area contributed by atoms with Crippen LogP contribution in [0.2, 0.25) is 0 Å². The molecule has 3 heteroatoms. The van der Waals surface area contributed by atoms with E-state index in [-0.39, 0.29) is 12.4 Å². The summed E-state index contributed by atoms with van der Waals surface area (Å²) in [6.07, 6.45) is 1.05. The minimum absolute atomic E-state index is 0. The minimum Gasteiger partial charge on any atom is -0.497 e. The highest BCUT2D eigenvalue weighted by molar-refractivity contribution is 5.85. The molecule has 0 aliphatic carbocycles. The van der Waals surface area contributed by atoms with Gasteiger partial charge in [-0.2, -0.15) is 0 Å². The highest BCUT2D eigenvalue weighted by atomic mass is 35.5. The van der Waals surface area contributed by atoms with Gasteiger partial charge in [0.05, 0.1) is 7.11 Å². The highest BCUT2D eigenvalue weighted by Crippen LogP contribution is 2.13. The van der Waals surface area contributed by atoms with Crippen LogP contribution in [0.1, 0.15) is 24.0 Å². The molecule has 0 fully saturated rings. The van der Waals surface area contributed by atoms with E-state index in [1.807, 2.05) is 12.1 Å². The predicted molar refractivity (Wildman–Crippen MR) is 91.7 cm³/mol. The van der Waals surface area contributed by atoms with Crippen LogP contribution in [0.5, 0.6) is 5.75 Å². The summed E-state index contributed by atoms with van der Waals surface area (Å²) in [5.74, 6) is 1.46. The Morgan fingerprint density at radius 3 is 2.29 bits per heavy atom. The van der Waals surface area contributed by atoms with E-state index in [9.17, 15) is 0 Å². The van der Waals surface area contributed by atoms with Crippen LogP contribution < -0.4 is 10.1 Å². The van der Waals surface area contributed by atoms with Crippen molar-refractivity contribution >= 4 is 12.4 Å². The first-order valence-corrected chi connectivity index (χ1v) is 7.18. The third-order valence-electron chi connectivity index (χ3n) is 3.57. The number of hydrogen-bond acceptors (Lipinski definition) is 2. The summed E-state index contributed by atoms with van der Waals surface area (Å²) in [5, 5.41) is 3.53. The topological polar surface area (TPSA) is 21.3 Å². The van der Waals surface area contributed by atoms with Gasteiger partial charge in [-0.3, -0.25) is 0 Å². The first-order valence-electron chi connectivity index (χ1n) is 7.18. The maximum absolute atomic E-state index is 5.16. The molecule has 2 aromatic rings. The molecule has 0 saturated carbocycles. The first-order chi connectivity index (χ1) is 9.79. The monoisotopic (exact) mass is 305 g/mol. The lowest BCUT2D eigenvalue weighted by molar-refractivity contribution is 0.414. The predicted octanol–water partition coefficient (Wildman–Crippen LogP) is 4.05. The molecule has 0 aromatic heterocycles. The Hall–Kier alpha value is -1.51. The summed E-state index contributed by atoms with van der Waals surface area (Å²) in [4.78, 5) is 0. The lowest BCUT2D eigenvalue weighted by Gasteiger charge is -2.13. The maximum atomic E-state index is 5.16. The summed E-state index contributed by atoms with van der Waals surface area (Å²) in [7, 11) is 1.70. The molecule has 0 bridgehead atoms. The molecule has 0 aliphatic rings. The molecule has 1 atom stereocenters. The summed E-state index contributed by atoms with van der Waals surface area (Å²) >= 11 is 0. The van der Waals surface area contributed by atoms with Crippen LogP contribution in [0.25, 0.3) is 0 Å². The molecule has 0 aliphatic heterocycles. The molecule has 0 radical (unpaired) electrons. The summed E-state index contributed by atoms with van der Waals surface area (Å²) in [5.41, 5.74) is 2.73. The molecule has 1 N–H and O–H groups in total. The van der Waals surface area contributed by atoms with Gasteiger partial charge in [-0.15, -0.1) is 12.4 Å². The highest BCUT2D eigenvalue weighted by Gasteiger charge is 2.03. The van der Waals surface area contributed by atoms with Crippen LogP contribution in [0, 0.1) is 0 Å². The van der Waals surface area contributed by atoms with Crippen LogP contribution in [0.15, 0.2) is 54.6 Å². The van der Waals surface area contributed by atoms with Crippen molar-refractivity contribution in [1.82, 2.24) is 5.32 Å². The molecule has 2 nitrogen and oxygen atoms in total. The Balaban J connectivity index is 0.00000220. The number of methoxy groups -OCH3 is 1. The molecule has 0 saturated heterocycles. The zero-order valence-corrected chi connectivity index (χ0v) is 13.5. The average Bonchev–Trinajstić information content (AvgIpc) is 2.53. The van der Waals surface area contributed by atoms with E-state index in [0.717, 1.165) is 25.3 Å². The van der Waals surface area contributed by atoms with Crippen molar-refractivity contribution in [1.29, 1.82) is 0 Å². The number of rotatable bonds is 7. The summed E-state index contributed by atoms with van der Waals surface area (Å²) < 4.78 is 5.16. The number of ether oxygens (including phenoxy) is 1. The van der Waals surface area contributed by atoms with E-state index < -0.39 is 0 Å². The van der Waals surface area contributed by atoms with E-state index >= 15 is 0 Å². The smallest absolute Gasteiger partial charge is 0.118 e. The van der Waals surface area contributed by atoms with Crippen molar-refractivity contribution in [2.45, 2.75) is 19.3 Å². The molecular formula is C18H24ClNO. The standard InChI is InChI=1S/C18H23NO.ClH/c1-15(17-6-4-3-5-7-17)14-19-13-12-16-8-10-18(20-2)11-9-16;/h3-11,15,19H,12-14H2,1-2H3;1H. The molecular weight excluding hydrogens is 282 g/mol. The zero-order chi connectivity index (χ0) is 14.2. The fourth-order valence-corrected chi connectivity index (χ4v) is 2.24. The second kappa shape index (κ2) is 9.43. The molecule has 1 unspecified atom stereocenters. The third-order valence-corrected chi connectivity index (χ3v) is 3.57. The van der Waals surface area contributed by atoms with Gasteiger partial charge in [-0.1, -0.05) is 49.4 Å².